The number of carbonyl (C=O) groups is 1. The van der Waals surface area contributed by atoms with Gasteiger partial charge in [0, 0.05) is 24.2 Å². The van der Waals surface area contributed by atoms with Gasteiger partial charge < -0.3 is 10.6 Å². The van der Waals surface area contributed by atoms with E-state index in [9.17, 15) is 4.79 Å². The standard InChI is InChI=1S/C15H19N3O.ClH/c1-2-3-8-14(19)12-6-4-5-7-13(12)18-11-15-16-9-10-17-15;/h2,4-7,18H,1,3,8-11H2,(H,16,17);1H. The monoisotopic (exact) mass is 293 g/mol. The highest BCUT2D eigenvalue weighted by molar-refractivity contribution is 6.01. The number of Topliss-reactive ketones (excluding diaryl/α,β-unsaturated/α-hetero) is 1. The first kappa shape index (κ1) is 16.2. The molecule has 0 atom stereocenters. The van der Waals surface area contributed by atoms with E-state index in [2.05, 4.69) is 22.2 Å². The molecule has 5 heteroatoms. The second kappa shape index (κ2) is 8.38. The van der Waals surface area contributed by atoms with E-state index in [1.807, 2.05) is 24.3 Å². The van der Waals surface area contributed by atoms with Crippen molar-refractivity contribution in [1.82, 2.24) is 5.32 Å². The molecule has 0 unspecified atom stereocenters. The molecule has 0 fully saturated rings. The number of nitrogens with zero attached hydrogens (tertiary/aromatic N) is 1. The largest absolute Gasteiger partial charge is 0.377 e. The van der Waals surface area contributed by atoms with Crippen molar-refractivity contribution in [3.05, 3.63) is 42.5 Å². The second-order valence-electron chi connectivity index (χ2n) is 4.40. The van der Waals surface area contributed by atoms with E-state index in [0.717, 1.165) is 30.2 Å². The Balaban J connectivity index is 0.00000200. The predicted molar refractivity (Wildman–Crippen MR) is 86.2 cm³/mol. The molecule has 2 rings (SSSR count). The Labute approximate surface area is 125 Å². The fourth-order valence-electron chi connectivity index (χ4n) is 1.99. The van der Waals surface area contributed by atoms with Crippen LogP contribution in [0.2, 0.25) is 0 Å². The number of rotatable bonds is 7. The van der Waals surface area contributed by atoms with Crippen LogP contribution in [0, 0.1) is 0 Å². The molecule has 1 aromatic carbocycles. The molecule has 20 heavy (non-hydrogen) atoms. The van der Waals surface area contributed by atoms with Crippen molar-refractivity contribution in [3.63, 3.8) is 0 Å². The third-order valence-corrected chi connectivity index (χ3v) is 2.99. The molecule has 1 heterocycles. The van der Waals surface area contributed by atoms with Crippen molar-refractivity contribution in [2.75, 3.05) is 25.0 Å². The van der Waals surface area contributed by atoms with Gasteiger partial charge in [0.2, 0.25) is 0 Å². The summed E-state index contributed by atoms with van der Waals surface area (Å²) in [7, 11) is 0. The number of para-hydroxylation sites is 1. The van der Waals surface area contributed by atoms with E-state index in [4.69, 9.17) is 0 Å². The molecule has 1 aliphatic rings. The summed E-state index contributed by atoms with van der Waals surface area (Å²) < 4.78 is 0. The lowest BCUT2D eigenvalue weighted by molar-refractivity contribution is 0.0984. The van der Waals surface area contributed by atoms with Gasteiger partial charge in [-0.3, -0.25) is 9.79 Å². The zero-order valence-corrected chi connectivity index (χ0v) is 12.2. The summed E-state index contributed by atoms with van der Waals surface area (Å²) in [6, 6.07) is 7.60. The van der Waals surface area contributed by atoms with Gasteiger partial charge in [0.05, 0.1) is 13.1 Å². The van der Waals surface area contributed by atoms with E-state index in [-0.39, 0.29) is 18.2 Å². The van der Waals surface area contributed by atoms with E-state index in [1.165, 1.54) is 0 Å². The molecule has 0 spiro atoms. The van der Waals surface area contributed by atoms with E-state index >= 15 is 0 Å². The van der Waals surface area contributed by atoms with Gasteiger partial charge in [0.15, 0.2) is 5.78 Å². The number of hydrogen-bond donors (Lipinski definition) is 2. The van der Waals surface area contributed by atoms with Gasteiger partial charge in [-0.1, -0.05) is 18.2 Å². The topological polar surface area (TPSA) is 53.5 Å². The number of halogens is 1. The van der Waals surface area contributed by atoms with Crippen molar-refractivity contribution in [2.45, 2.75) is 12.8 Å². The number of benzene rings is 1. The van der Waals surface area contributed by atoms with Crippen LogP contribution in [0.3, 0.4) is 0 Å². The number of ketones is 1. The molecule has 0 radical (unpaired) electrons. The van der Waals surface area contributed by atoms with Crippen LogP contribution >= 0.6 is 12.4 Å². The molecule has 0 saturated carbocycles. The lowest BCUT2D eigenvalue weighted by atomic mass is 10.0. The third-order valence-electron chi connectivity index (χ3n) is 2.99. The summed E-state index contributed by atoms with van der Waals surface area (Å²) >= 11 is 0. The molecular weight excluding hydrogens is 274 g/mol. The molecule has 0 aliphatic carbocycles. The van der Waals surface area contributed by atoms with Crippen LogP contribution in [-0.4, -0.2) is 31.3 Å². The fraction of sp³-hybridized carbons (Fsp3) is 0.333. The quantitative estimate of drug-likeness (QED) is 0.600. The van der Waals surface area contributed by atoms with Crippen LogP contribution in [0.25, 0.3) is 0 Å². The molecular formula is C15H20ClN3O. The average Bonchev–Trinajstić information content (AvgIpc) is 2.96. The van der Waals surface area contributed by atoms with Crippen LogP contribution in [0.15, 0.2) is 41.9 Å². The molecule has 108 valence electrons. The highest BCUT2D eigenvalue weighted by Gasteiger charge is 2.11. The average molecular weight is 294 g/mol. The third kappa shape index (κ3) is 4.38. The minimum atomic E-state index is 0. The van der Waals surface area contributed by atoms with E-state index in [1.54, 1.807) is 6.08 Å². The number of carbonyl (C=O) groups excluding carboxylic acids is 1. The molecule has 1 aromatic rings. The maximum Gasteiger partial charge on any atom is 0.165 e. The molecule has 0 amide bonds. The Kier molecular flexibility index (Phi) is 6.81. The first-order valence-electron chi connectivity index (χ1n) is 6.55. The van der Waals surface area contributed by atoms with Crippen LogP contribution in [-0.2, 0) is 0 Å². The number of anilines is 1. The van der Waals surface area contributed by atoms with Gasteiger partial charge >= 0.3 is 0 Å². The van der Waals surface area contributed by atoms with Crippen molar-refractivity contribution in [3.8, 4) is 0 Å². The molecule has 0 bridgehead atoms. The number of nitrogens with one attached hydrogen (secondary N) is 2. The van der Waals surface area contributed by atoms with Crippen LogP contribution in [0.5, 0.6) is 0 Å². The normalized spacial score (nSPS) is 12.9. The zero-order chi connectivity index (χ0) is 13.5. The zero-order valence-electron chi connectivity index (χ0n) is 11.4. The van der Waals surface area contributed by atoms with Gasteiger partial charge in [0.1, 0.15) is 5.84 Å². The minimum absolute atomic E-state index is 0. The summed E-state index contributed by atoms with van der Waals surface area (Å²) in [4.78, 5) is 16.4. The lowest BCUT2D eigenvalue weighted by Gasteiger charge is -2.11. The highest BCUT2D eigenvalue weighted by atomic mass is 35.5. The first-order chi connectivity index (χ1) is 9.31. The molecule has 1 aliphatic heterocycles. The smallest absolute Gasteiger partial charge is 0.165 e. The van der Waals surface area contributed by atoms with Gasteiger partial charge in [0.25, 0.3) is 0 Å². The van der Waals surface area contributed by atoms with Crippen molar-refractivity contribution < 1.29 is 4.79 Å². The number of aliphatic imine (C=N–C) groups is 1. The molecule has 0 aromatic heterocycles. The summed E-state index contributed by atoms with van der Waals surface area (Å²) in [6.07, 6.45) is 2.98. The number of allylic oxidation sites excluding steroid dienone is 1. The molecule has 2 N–H and O–H groups in total. The predicted octanol–water partition coefficient (Wildman–Crippen LogP) is 2.67. The fourth-order valence-corrected chi connectivity index (χ4v) is 1.99. The van der Waals surface area contributed by atoms with Gasteiger partial charge in [-0.25, -0.2) is 0 Å². The maximum atomic E-state index is 12.1. The minimum Gasteiger partial charge on any atom is -0.377 e. The summed E-state index contributed by atoms with van der Waals surface area (Å²) in [5, 5.41) is 6.47. The Morgan fingerprint density at radius 2 is 2.25 bits per heavy atom. The summed E-state index contributed by atoms with van der Waals surface area (Å²) in [5.74, 6) is 1.10. The molecule has 4 nitrogen and oxygen atoms in total. The van der Waals surface area contributed by atoms with Gasteiger partial charge in [-0.05, 0) is 18.6 Å². The van der Waals surface area contributed by atoms with Crippen LogP contribution in [0.1, 0.15) is 23.2 Å². The number of hydrogen-bond acceptors (Lipinski definition) is 4. The summed E-state index contributed by atoms with van der Waals surface area (Å²) in [6.45, 7) is 6.01. The van der Waals surface area contributed by atoms with Crippen molar-refractivity contribution in [2.24, 2.45) is 4.99 Å². The maximum absolute atomic E-state index is 12.1. The Bertz CT molecular complexity index is 500. The van der Waals surface area contributed by atoms with E-state index in [0.29, 0.717) is 19.4 Å². The Morgan fingerprint density at radius 3 is 2.95 bits per heavy atom. The highest BCUT2D eigenvalue weighted by Crippen LogP contribution is 2.17. The first-order valence-corrected chi connectivity index (χ1v) is 6.55. The SMILES string of the molecule is C=CCCC(=O)c1ccccc1NCC1=NCCN1.Cl. The summed E-state index contributed by atoms with van der Waals surface area (Å²) in [5.41, 5.74) is 1.61. The van der Waals surface area contributed by atoms with Crippen molar-refractivity contribution >= 4 is 29.7 Å². The van der Waals surface area contributed by atoms with Crippen molar-refractivity contribution in [1.29, 1.82) is 0 Å². The number of amidine groups is 1. The van der Waals surface area contributed by atoms with Gasteiger partial charge in [-0.15, -0.1) is 19.0 Å². The Morgan fingerprint density at radius 1 is 1.45 bits per heavy atom. The van der Waals surface area contributed by atoms with Crippen LogP contribution < -0.4 is 10.6 Å². The van der Waals surface area contributed by atoms with E-state index < -0.39 is 0 Å². The lowest BCUT2D eigenvalue weighted by Crippen LogP contribution is -2.26. The van der Waals surface area contributed by atoms with Gasteiger partial charge in [-0.2, -0.15) is 0 Å². The van der Waals surface area contributed by atoms with Crippen LogP contribution in [0.4, 0.5) is 5.69 Å². The second-order valence-corrected chi connectivity index (χ2v) is 4.40. The Hall–Kier alpha value is -1.81. The molecule has 0 saturated heterocycles.